The van der Waals surface area contributed by atoms with Gasteiger partial charge in [-0.3, -0.25) is 19.1 Å². The molecule has 0 unspecified atom stereocenters. The van der Waals surface area contributed by atoms with Crippen LogP contribution in [-0.4, -0.2) is 55.9 Å². The summed E-state index contributed by atoms with van der Waals surface area (Å²) in [6.07, 6.45) is -2.53. The fraction of sp³-hybridized carbons (Fsp3) is 0.267. The average Bonchev–Trinajstić information content (AvgIpc) is 3.43. The number of carbonyl (C=O) groups is 3. The summed E-state index contributed by atoms with van der Waals surface area (Å²) in [5.74, 6) is -6.68. The minimum absolute atomic E-state index is 0.0672. The molecule has 0 spiro atoms. The van der Waals surface area contributed by atoms with Crippen molar-refractivity contribution in [1.82, 2.24) is 19.7 Å². The van der Waals surface area contributed by atoms with E-state index in [4.69, 9.17) is 9.47 Å². The highest BCUT2D eigenvalue weighted by atomic mass is 19.4. The van der Waals surface area contributed by atoms with E-state index in [0.29, 0.717) is 5.56 Å². The molecule has 45 heavy (non-hydrogen) atoms. The first-order valence-corrected chi connectivity index (χ1v) is 13.5. The van der Waals surface area contributed by atoms with Crippen molar-refractivity contribution in [2.75, 3.05) is 18.5 Å². The van der Waals surface area contributed by atoms with Crippen LogP contribution in [0.1, 0.15) is 47.1 Å². The Morgan fingerprint density at radius 1 is 1.02 bits per heavy atom. The molecule has 2 aromatic carbocycles. The van der Waals surface area contributed by atoms with Gasteiger partial charge in [0.15, 0.2) is 5.82 Å². The van der Waals surface area contributed by atoms with Gasteiger partial charge in [-0.05, 0) is 37.6 Å². The lowest BCUT2D eigenvalue weighted by atomic mass is 9.99. The number of ether oxygens (including phenoxy) is 2. The molecule has 0 aliphatic rings. The Morgan fingerprint density at radius 3 is 2.27 bits per heavy atom. The van der Waals surface area contributed by atoms with Crippen LogP contribution in [0.5, 0.6) is 0 Å². The fourth-order valence-electron chi connectivity index (χ4n) is 4.42. The Balaban J connectivity index is 1.85. The average molecular weight is 630 g/mol. The number of anilines is 1. The van der Waals surface area contributed by atoms with Crippen molar-refractivity contribution in [3.05, 3.63) is 83.2 Å². The number of hydrogen-bond donors (Lipinski definition) is 2. The first-order valence-electron chi connectivity index (χ1n) is 13.5. The van der Waals surface area contributed by atoms with Crippen LogP contribution in [0.2, 0.25) is 0 Å². The molecule has 0 atom stereocenters. The van der Waals surface area contributed by atoms with Crippen molar-refractivity contribution in [3.63, 3.8) is 0 Å². The van der Waals surface area contributed by atoms with Crippen molar-refractivity contribution in [3.8, 4) is 22.5 Å². The molecule has 2 heterocycles. The molecule has 0 aliphatic carbocycles. The maximum absolute atomic E-state index is 15.1. The number of aromatic nitrogens is 4. The number of nitrogens with one attached hydrogen (secondary N) is 1. The number of amides is 1. The number of halogens is 4. The number of hydrogen-bond acceptors (Lipinski definition) is 9. The Labute approximate surface area is 253 Å². The Bertz CT molecular complexity index is 1720. The summed E-state index contributed by atoms with van der Waals surface area (Å²) in [7, 11) is 1.48. The van der Waals surface area contributed by atoms with Crippen molar-refractivity contribution in [1.29, 1.82) is 0 Å². The third-order valence-electron chi connectivity index (χ3n) is 6.45. The third kappa shape index (κ3) is 7.15. The van der Waals surface area contributed by atoms with E-state index in [0.717, 1.165) is 12.3 Å². The van der Waals surface area contributed by atoms with Gasteiger partial charge in [0.1, 0.15) is 5.82 Å². The number of nitrogens with zero attached hydrogens (tertiary/aromatic N) is 4. The van der Waals surface area contributed by atoms with Gasteiger partial charge in [0.25, 0.3) is 5.91 Å². The van der Waals surface area contributed by atoms with Gasteiger partial charge in [-0.15, -0.1) is 0 Å². The summed E-state index contributed by atoms with van der Waals surface area (Å²) >= 11 is 0. The number of aliphatic hydroxyl groups is 1. The number of rotatable bonds is 10. The van der Waals surface area contributed by atoms with Crippen LogP contribution in [-0.2, 0) is 38.9 Å². The molecule has 0 aliphatic heterocycles. The number of alkyl halides is 3. The lowest BCUT2D eigenvalue weighted by Crippen LogP contribution is -2.28. The summed E-state index contributed by atoms with van der Waals surface area (Å²) in [6.45, 7) is 2.44. The molecule has 0 bridgehead atoms. The van der Waals surface area contributed by atoms with Crippen molar-refractivity contribution >= 4 is 23.5 Å². The Kier molecular flexibility index (Phi) is 9.91. The van der Waals surface area contributed by atoms with Crippen LogP contribution < -0.4 is 5.32 Å². The molecule has 236 valence electrons. The van der Waals surface area contributed by atoms with Gasteiger partial charge in [-0.2, -0.15) is 18.3 Å². The number of aryl methyl sites for hydroxylation is 1. The second kappa shape index (κ2) is 13.6. The highest BCUT2D eigenvalue weighted by molar-refractivity contribution is 6.07. The molecule has 0 saturated carbocycles. The summed E-state index contributed by atoms with van der Waals surface area (Å²) < 4.78 is 67.8. The van der Waals surface area contributed by atoms with Gasteiger partial charge in [0, 0.05) is 24.4 Å². The highest BCUT2D eigenvalue weighted by Gasteiger charge is 2.37. The van der Waals surface area contributed by atoms with Gasteiger partial charge in [-0.1, -0.05) is 24.3 Å². The monoisotopic (exact) mass is 629 g/mol. The summed E-state index contributed by atoms with van der Waals surface area (Å²) in [4.78, 5) is 47.3. The normalized spacial score (nSPS) is 11.4. The quantitative estimate of drug-likeness (QED) is 0.145. The first kappa shape index (κ1) is 32.7. The van der Waals surface area contributed by atoms with E-state index in [-0.39, 0.29) is 47.7 Å². The maximum atomic E-state index is 15.1. The van der Waals surface area contributed by atoms with E-state index in [9.17, 15) is 32.7 Å². The van der Waals surface area contributed by atoms with Gasteiger partial charge >= 0.3 is 18.1 Å². The molecule has 2 N–H and O–H groups in total. The SMILES string of the molecule is CCOC(=O)C(C(=O)OCC)c1ncc(NC(=O)c2cc(-c3ccn(C)n3)c(C(F)(F)F)cc2F)c(-c2ccccc2CO)n1. The molecule has 0 radical (unpaired) electrons. The predicted molar refractivity (Wildman–Crippen MR) is 151 cm³/mol. The fourth-order valence-corrected chi connectivity index (χ4v) is 4.42. The van der Waals surface area contributed by atoms with Gasteiger partial charge in [0.05, 0.1) is 54.2 Å². The van der Waals surface area contributed by atoms with Crippen LogP contribution in [0, 0.1) is 5.82 Å². The molecule has 11 nitrogen and oxygen atoms in total. The van der Waals surface area contributed by atoms with Crippen LogP contribution >= 0.6 is 0 Å². The number of aliphatic hydroxyl groups excluding tert-OH is 1. The molecule has 2 aromatic heterocycles. The zero-order valence-corrected chi connectivity index (χ0v) is 24.2. The molecule has 4 aromatic rings. The lowest BCUT2D eigenvalue weighted by molar-refractivity contribution is -0.157. The molecular weight excluding hydrogens is 602 g/mol. The van der Waals surface area contributed by atoms with Crippen LogP contribution in [0.3, 0.4) is 0 Å². The van der Waals surface area contributed by atoms with E-state index in [1.165, 1.54) is 43.9 Å². The van der Waals surface area contributed by atoms with Crippen LogP contribution in [0.4, 0.5) is 23.2 Å². The summed E-state index contributed by atoms with van der Waals surface area (Å²) in [5.41, 5.74) is -2.45. The van der Waals surface area contributed by atoms with E-state index < -0.39 is 59.1 Å². The zero-order valence-electron chi connectivity index (χ0n) is 24.2. The Morgan fingerprint density at radius 2 is 1.69 bits per heavy atom. The van der Waals surface area contributed by atoms with Gasteiger partial charge < -0.3 is 19.9 Å². The van der Waals surface area contributed by atoms with Crippen molar-refractivity contribution in [2.24, 2.45) is 7.05 Å². The first-order chi connectivity index (χ1) is 21.4. The maximum Gasteiger partial charge on any atom is 0.417 e. The molecular formula is C30H27F4N5O6. The van der Waals surface area contributed by atoms with Gasteiger partial charge in [0.2, 0.25) is 5.92 Å². The number of esters is 2. The second-order valence-electron chi connectivity index (χ2n) is 9.45. The van der Waals surface area contributed by atoms with E-state index >= 15 is 4.39 Å². The third-order valence-corrected chi connectivity index (χ3v) is 6.45. The molecule has 0 saturated heterocycles. The largest absolute Gasteiger partial charge is 0.465 e. The lowest BCUT2D eigenvalue weighted by Gasteiger charge is -2.18. The van der Waals surface area contributed by atoms with E-state index in [2.05, 4.69) is 20.4 Å². The minimum Gasteiger partial charge on any atom is -0.465 e. The highest BCUT2D eigenvalue weighted by Crippen LogP contribution is 2.38. The topological polar surface area (TPSA) is 146 Å². The smallest absolute Gasteiger partial charge is 0.417 e. The minimum atomic E-state index is -4.96. The van der Waals surface area contributed by atoms with Crippen molar-refractivity contribution in [2.45, 2.75) is 32.5 Å². The predicted octanol–water partition coefficient (Wildman–Crippen LogP) is 4.66. The van der Waals surface area contributed by atoms with E-state index in [1.807, 2.05) is 0 Å². The molecule has 1 amide bonds. The van der Waals surface area contributed by atoms with E-state index in [1.54, 1.807) is 18.2 Å². The van der Waals surface area contributed by atoms with Crippen LogP contribution in [0.15, 0.2) is 54.9 Å². The Hall–Kier alpha value is -5.18. The molecule has 15 heteroatoms. The number of benzene rings is 2. The molecule has 0 fully saturated rings. The second-order valence-corrected chi connectivity index (χ2v) is 9.45. The van der Waals surface area contributed by atoms with Gasteiger partial charge in [-0.25, -0.2) is 14.4 Å². The summed E-state index contributed by atoms with van der Waals surface area (Å²) in [5, 5.41) is 16.3. The van der Waals surface area contributed by atoms with Crippen LogP contribution in [0.25, 0.3) is 22.5 Å². The molecule has 4 rings (SSSR count). The zero-order chi connectivity index (χ0) is 32.9. The summed E-state index contributed by atoms with van der Waals surface area (Å²) in [6, 6.07) is 8.51. The van der Waals surface area contributed by atoms with Crippen molar-refractivity contribution < 1.29 is 46.5 Å². The number of carbonyl (C=O) groups excluding carboxylic acids is 3. The standard InChI is InChI=1S/C30H27F4N5O6/c1-4-44-28(42)24(29(43)45-5-2)26-35-14-23(25(37-26)17-9-7-6-8-16(17)15-40)36-27(41)19-12-18(22-10-11-39(3)38-22)20(13-21(19)31)30(32,33)34/h6-14,24,40H,4-5,15H2,1-3H3,(H,36,41).